The van der Waals surface area contributed by atoms with Crippen molar-refractivity contribution in [2.45, 2.75) is 38.9 Å². The minimum Gasteiger partial charge on any atom is -0.393 e. The molecule has 0 amide bonds. The SMILES string of the molecule is CN/C=C\NB1OC(C)(C)C(C)(C)O1. The van der Waals surface area contributed by atoms with Crippen molar-refractivity contribution in [2.24, 2.45) is 0 Å². The third-order valence-electron chi connectivity index (χ3n) is 2.74. The average molecular weight is 198 g/mol. The van der Waals surface area contributed by atoms with Crippen LogP contribution < -0.4 is 10.5 Å². The van der Waals surface area contributed by atoms with Crippen molar-refractivity contribution in [1.82, 2.24) is 10.5 Å². The fourth-order valence-corrected chi connectivity index (χ4v) is 1.12. The number of rotatable bonds is 3. The van der Waals surface area contributed by atoms with Crippen molar-refractivity contribution >= 4 is 7.25 Å². The lowest BCUT2D eigenvalue weighted by molar-refractivity contribution is 0.00578. The molecule has 0 unspecified atom stereocenters. The van der Waals surface area contributed by atoms with Crippen LogP contribution in [0.3, 0.4) is 0 Å². The molecule has 1 heterocycles. The van der Waals surface area contributed by atoms with Crippen molar-refractivity contribution in [1.29, 1.82) is 0 Å². The summed E-state index contributed by atoms with van der Waals surface area (Å²) in [6.07, 6.45) is 3.55. The summed E-state index contributed by atoms with van der Waals surface area (Å²) in [4.78, 5) is 0. The van der Waals surface area contributed by atoms with Gasteiger partial charge < -0.3 is 19.9 Å². The first-order valence-corrected chi connectivity index (χ1v) is 4.83. The summed E-state index contributed by atoms with van der Waals surface area (Å²) in [6, 6.07) is 0. The first-order chi connectivity index (χ1) is 6.39. The number of hydrogen-bond donors (Lipinski definition) is 2. The van der Waals surface area contributed by atoms with Crippen LogP contribution in [-0.4, -0.2) is 25.5 Å². The van der Waals surface area contributed by atoms with E-state index in [9.17, 15) is 0 Å². The second-order valence-corrected chi connectivity index (χ2v) is 4.38. The van der Waals surface area contributed by atoms with E-state index in [2.05, 4.69) is 10.5 Å². The van der Waals surface area contributed by atoms with Gasteiger partial charge in [0.05, 0.1) is 11.2 Å². The molecule has 1 saturated heterocycles. The minimum atomic E-state index is -0.371. The summed E-state index contributed by atoms with van der Waals surface area (Å²) in [5.41, 5.74) is -0.559. The number of hydrogen-bond acceptors (Lipinski definition) is 4. The highest BCUT2D eigenvalue weighted by atomic mass is 16.7. The van der Waals surface area contributed by atoms with Crippen molar-refractivity contribution < 1.29 is 9.31 Å². The summed E-state index contributed by atoms with van der Waals surface area (Å²) < 4.78 is 11.4. The highest BCUT2D eigenvalue weighted by Gasteiger charge is 2.51. The van der Waals surface area contributed by atoms with Gasteiger partial charge in [0.15, 0.2) is 0 Å². The van der Waals surface area contributed by atoms with Crippen LogP contribution in [-0.2, 0) is 9.31 Å². The Balaban J connectivity index is 2.51. The Kier molecular flexibility index (Phi) is 3.12. The Morgan fingerprint density at radius 3 is 1.93 bits per heavy atom. The third kappa shape index (κ3) is 2.22. The van der Waals surface area contributed by atoms with Crippen LogP contribution in [0, 0.1) is 0 Å². The van der Waals surface area contributed by atoms with Crippen molar-refractivity contribution in [3.8, 4) is 0 Å². The molecular weight excluding hydrogens is 179 g/mol. The van der Waals surface area contributed by atoms with E-state index in [4.69, 9.17) is 9.31 Å². The molecule has 2 N–H and O–H groups in total. The minimum absolute atomic E-state index is 0.280. The topological polar surface area (TPSA) is 42.5 Å². The molecule has 0 saturated carbocycles. The highest BCUT2D eigenvalue weighted by Crippen LogP contribution is 2.35. The van der Waals surface area contributed by atoms with Crippen LogP contribution >= 0.6 is 0 Å². The van der Waals surface area contributed by atoms with Gasteiger partial charge in [-0.2, -0.15) is 0 Å². The normalized spacial score (nSPS) is 24.2. The summed E-state index contributed by atoms with van der Waals surface area (Å²) in [7, 11) is 1.46. The van der Waals surface area contributed by atoms with Gasteiger partial charge in [-0.1, -0.05) is 0 Å². The monoisotopic (exact) mass is 198 g/mol. The van der Waals surface area contributed by atoms with E-state index < -0.39 is 0 Å². The molecule has 0 bridgehead atoms. The average Bonchev–Trinajstić information content (AvgIpc) is 2.21. The van der Waals surface area contributed by atoms with Crippen molar-refractivity contribution in [2.75, 3.05) is 7.05 Å². The predicted molar refractivity (Wildman–Crippen MR) is 57.4 cm³/mol. The molecule has 1 aliphatic rings. The highest BCUT2D eigenvalue weighted by molar-refractivity contribution is 6.42. The standard InChI is InChI=1S/C9H19BN2O2/c1-8(2)9(3,4)14-10(13-8)12-7-6-11-5/h6-7,11-12H,1-5H3/b7-6-. The summed E-state index contributed by atoms with van der Waals surface area (Å²) >= 11 is 0. The Morgan fingerprint density at radius 1 is 1.00 bits per heavy atom. The van der Waals surface area contributed by atoms with Crippen LogP contribution in [0.25, 0.3) is 0 Å². The second-order valence-electron chi connectivity index (χ2n) is 4.38. The fraction of sp³-hybridized carbons (Fsp3) is 0.778. The zero-order valence-electron chi connectivity index (χ0n) is 9.55. The van der Waals surface area contributed by atoms with Gasteiger partial charge in [-0.3, -0.25) is 0 Å². The molecule has 1 rings (SSSR count). The molecule has 0 aliphatic carbocycles. The van der Waals surface area contributed by atoms with Gasteiger partial charge >= 0.3 is 7.25 Å². The molecule has 5 heteroatoms. The Morgan fingerprint density at radius 2 is 1.50 bits per heavy atom. The second kappa shape index (κ2) is 3.83. The maximum absolute atomic E-state index is 5.70. The van der Waals surface area contributed by atoms with Gasteiger partial charge in [0, 0.05) is 19.4 Å². The Hall–Kier alpha value is -0.675. The zero-order chi connectivity index (χ0) is 10.8. The van der Waals surface area contributed by atoms with Crippen LogP contribution in [0.5, 0.6) is 0 Å². The Labute approximate surface area is 86.2 Å². The number of nitrogens with one attached hydrogen (secondary N) is 2. The molecule has 0 spiro atoms. The lowest BCUT2D eigenvalue weighted by Crippen LogP contribution is -2.41. The van der Waals surface area contributed by atoms with Gasteiger partial charge in [0.1, 0.15) is 0 Å². The summed E-state index contributed by atoms with van der Waals surface area (Å²) in [6.45, 7) is 8.10. The molecule has 0 aromatic carbocycles. The van der Waals surface area contributed by atoms with E-state index in [0.29, 0.717) is 0 Å². The van der Waals surface area contributed by atoms with E-state index in [-0.39, 0.29) is 18.5 Å². The molecule has 1 fully saturated rings. The molecule has 0 radical (unpaired) electrons. The first kappa shape index (κ1) is 11.4. The molecule has 0 aromatic rings. The first-order valence-electron chi connectivity index (χ1n) is 4.83. The van der Waals surface area contributed by atoms with Crippen LogP contribution in [0.15, 0.2) is 12.4 Å². The fourth-order valence-electron chi connectivity index (χ4n) is 1.12. The molecule has 1 aliphatic heterocycles. The predicted octanol–water partition coefficient (Wildman–Crippen LogP) is 0.855. The largest absolute Gasteiger partial charge is 0.591 e. The quantitative estimate of drug-likeness (QED) is 0.660. The molecule has 0 atom stereocenters. The van der Waals surface area contributed by atoms with Crippen molar-refractivity contribution in [3.05, 3.63) is 12.4 Å². The van der Waals surface area contributed by atoms with Crippen LogP contribution in [0.4, 0.5) is 0 Å². The van der Waals surface area contributed by atoms with Gasteiger partial charge in [-0.05, 0) is 27.7 Å². The molecule has 0 aromatic heterocycles. The van der Waals surface area contributed by atoms with E-state index in [1.165, 1.54) is 0 Å². The summed E-state index contributed by atoms with van der Waals surface area (Å²) in [5, 5.41) is 5.89. The van der Waals surface area contributed by atoms with Crippen LogP contribution in [0.1, 0.15) is 27.7 Å². The smallest absolute Gasteiger partial charge is 0.393 e. The van der Waals surface area contributed by atoms with E-state index in [0.717, 1.165) is 0 Å². The zero-order valence-corrected chi connectivity index (χ0v) is 9.55. The van der Waals surface area contributed by atoms with Gasteiger partial charge in [-0.15, -0.1) is 0 Å². The third-order valence-corrected chi connectivity index (χ3v) is 2.74. The maximum Gasteiger partial charge on any atom is 0.591 e. The van der Waals surface area contributed by atoms with Gasteiger partial charge in [-0.25, -0.2) is 0 Å². The lowest BCUT2D eigenvalue weighted by Gasteiger charge is -2.32. The lowest BCUT2D eigenvalue weighted by atomic mass is 9.90. The van der Waals surface area contributed by atoms with E-state index in [1.807, 2.05) is 34.7 Å². The van der Waals surface area contributed by atoms with E-state index >= 15 is 0 Å². The van der Waals surface area contributed by atoms with Gasteiger partial charge in [0.25, 0.3) is 0 Å². The van der Waals surface area contributed by atoms with E-state index in [1.54, 1.807) is 12.4 Å². The molecule has 4 nitrogen and oxygen atoms in total. The van der Waals surface area contributed by atoms with Crippen LogP contribution in [0.2, 0.25) is 0 Å². The van der Waals surface area contributed by atoms with Gasteiger partial charge in [0.2, 0.25) is 0 Å². The maximum atomic E-state index is 5.70. The molecule has 80 valence electrons. The van der Waals surface area contributed by atoms with Crippen molar-refractivity contribution in [3.63, 3.8) is 0 Å². The molecular formula is C9H19BN2O2. The Bertz CT molecular complexity index is 213. The summed E-state index contributed by atoms with van der Waals surface area (Å²) in [5.74, 6) is 0. The molecule has 14 heavy (non-hydrogen) atoms.